The summed E-state index contributed by atoms with van der Waals surface area (Å²) in [4.78, 5) is 0. The molecule has 0 bridgehead atoms. The van der Waals surface area contributed by atoms with Crippen molar-refractivity contribution in [2.75, 3.05) is 26.4 Å². The zero-order chi connectivity index (χ0) is 14.1. The first-order chi connectivity index (χ1) is 9.65. The molecule has 0 aromatic carbocycles. The molecule has 1 aliphatic carbocycles. The Balaban J connectivity index is 1.61. The van der Waals surface area contributed by atoms with E-state index in [1.165, 1.54) is 12.8 Å². The van der Waals surface area contributed by atoms with Crippen molar-refractivity contribution in [2.24, 2.45) is 11.7 Å². The highest BCUT2D eigenvalue weighted by Gasteiger charge is 2.44. The third-order valence-corrected chi connectivity index (χ3v) is 5.49. The molecule has 0 aromatic rings. The molecule has 3 fully saturated rings. The Kier molecular flexibility index (Phi) is 4.37. The quantitative estimate of drug-likeness (QED) is 0.863. The van der Waals surface area contributed by atoms with Gasteiger partial charge in [0.15, 0.2) is 0 Å². The third-order valence-electron chi connectivity index (χ3n) is 5.49. The van der Waals surface area contributed by atoms with Gasteiger partial charge in [0.05, 0.1) is 23.9 Å². The van der Waals surface area contributed by atoms with E-state index in [1.807, 2.05) is 0 Å². The van der Waals surface area contributed by atoms with Crippen LogP contribution in [-0.4, -0.2) is 43.7 Å². The SMILES string of the molecule is CC1CCC(CN)(OC2CCOC3(CCOC3)C2)CC1. The standard InChI is InChI=1S/C16H29NO3/c1-13-2-5-15(11-17,6-3-13)20-14-4-8-19-16(10-14)7-9-18-12-16/h13-14H,2-12,17H2,1H3. The zero-order valence-corrected chi connectivity index (χ0v) is 12.7. The molecule has 2 unspecified atom stereocenters. The maximum atomic E-state index is 6.54. The van der Waals surface area contributed by atoms with Crippen LogP contribution in [0.3, 0.4) is 0 Å². The van der Waals surface area contributed by atoms with Crippen LogP contribution in [0.4, 0.5) is 0 Å². The van der Waals surface area contributed by atoms with E-state index in [9.17, 15) is 0 Å². The summed E-state index contributed by atoms with van der Waals surface area (Å²) < 4.78 is 18.1. The van der Waals surface area contributed by atoms with Crippen molar-refractivity contribution in [3.8, 4) is 0 Å². The summed E-state index contributed by atoms with van der Waals surface area (Å²) in [5, 5.41) is 0. The maximum absolute atomic E-state index is 6.54. The first kappa shape index (κ1) is 14.8. The van der Waals surface area contributed by atoms with Crippen molar-refractivity contribution in [3.63, 3.8) is 0 Å². The van der Waals surface area contributed by atoms with Crippen LogP contribution in [0.1, 0.15) is 51.9 Å². The second-order valence-corrected chi connectivity index (χ2v) is 7.14. The molecule has 2 aliphatic heterocycles. The highest BCUT2D eigenvalue weighted by Crippen LogP contribution is 2.39. The number of rotatable bonds is 3. The van der Waals surface area contributed by atoms with Gasteiger partial charge in [0.25, 0.3) is 0 Å². The summed E-state index contributed by atoms with van der Waals surface area (Å²) in [6.07, 6.45) is 8.01. The number of nitrogens with two attached hydrogens (primary N) is 1. The molecule has 4 heteroatoms. The summed E-state index contributed by atoms with van der Waals surface area (Å²) in [6, 6.07) is 0. The van der Waals surface area contributed by atoms with Crippen LogP contribution in [0.15, 0.2) is 0 Å². The summed E-state index contributed by atoms with van der Waals surface area (Å²) in [7, 11) is 0. The summed E-state index contributed by atoms with van der Waals surface area (Å²) in [5.74, 6) is 0.822. The van der Waals surface area contributed by atoms with Crippen LogP contribution in [0.2, 0.25) is 0 Å². The number of hydrogen-bond acceptors (Lipinski definition) is 4. The highest BCUT2D eigenvalue weighted by atomic mass is 16.6. The Morgan fingerprint density at radius 2 is 1.95 bits per heavy atom. The van der Waals surface area contributed by atoms with Crippen LogP contribution in [0.25, 0.3) is 0 Å². The lowest BCUT2D eigenvalue weighted by Crippen LogP contribution is -2.50. The van der Waals surface area contributed by atoms with Gasteiger partial charge in [-0.3, -0.25) is 0 Å². The van der Waals surface area contributed by atoms with Crippen LogP contribution >= 0.6 is 0 Å². The van der Waals surface area contributed by atoms with E-state index in [1.54, 1.807) is 0 Å². The molecule has 1 spiro atoms. The molecule has 0 radical (unpaired) electrons. The second kappa shape index (κ2) is 5.91. The fourth-order valence-electron chi connectivity index (χ4n) is 3.96. The minimum Gasteiger partial charge on any atom is -0.378 e. The van der Waals surface area contributed by atoms with Crippen molar-refractivity contribution in [2.45, 2.75) is 69.2 Å². The molecule has 2 saturated heterocycles. The van der Waals surface area contributed by atoms with E-state index in [0.717, 1.165) is 57.8 Å². The molecular weight excluding hydrogens is 254 g/mol. The first-order valence-corrected chi connectivity index (χ1v) is 8.25. The van der Waals surface area contributed by atoms with Crippen molar-refractivity contribution in [3.05, 3.63) is 0 Å². The van der Waals surface area contributed by atoms with Crippen LogP contribution < -0.4 is 5.73 Å². The molecule has 2 N–H and O–H groups in total. The fraction of sp³-hybridized carbons (Fsp3) is 1.00. The predicted octanol–water partition coefficient (Wildman–Crippen LogP) is 2.25. The molecule has 2 atom stereocenters. The molecule has 0 amide bonds. The fourth-order valence-corrected chi connectivity index (χ4v) is 3.96. The Labute approximate surface area is 122 Å². The predicted molar refractivity (Wildman–Crippen MR) is 77.6 cm³/mol. The summed E-state index contributed by atoms with van der Waals surface area (Å²) >= 11 is 0. The molecule has 4 nitrogen and oxygen atoms in total. The monoisotopic (exact) mass is 283 g/mol. The average molecular weight is 283 g/mol. The smallest absolute Gasteiger partial charge is 0.0961 e. The molecule has 20 heavy (non-hydrogen) atoms. The average Bonchev–Trinajstić information content (AvgIpc) is 2.90. The highest BCUT2D eigenvalue weighted by molar-refractivity contribution is 4.94. The number of hydrogen-bond donors (Lipinski definition) is 1. The molecule has 1 saturated carbocycles. The van der Waals surface area contributed by atoms with Gasteiger partial charge in [-0.2, -0.15) is 0 Å². The third kappa shape index (κ3) is 3.03. The van der Waals surface area contributed by atoms with E-state index < -0.39 is 0 Å². The van der Waals surface area contributed by atoms with Gasteiger partial charge in [0.1, 0.15) is 0 Å². The Hall–Kier alpha value is -0.160. The lowest BCUT2D eigenvalue weighted by atomic mass is 9.79. The van der Waals surface area contributed by atoms with E-state index in [-0.39, 0.29) is 11.2 Å². The Morgan fingerprint density at radius 3 is 2.60 bits per heavy atom. The molecule has 3 aliphatic rings. The van der Waals surface area contributed by atoms with Gasteiger partial charge in [-0.15, -0.1) is 0 Å². The van der Waals surface area contributed by atoms with Gasteiger partial charge in [0, 0.05) is 32.6 Å². The van der Waals surface area contributed by atoms with E-state index in [0.29, 0.717) is 12.6 Å². The zero-order valence-electron chi connectivity index (χ0n) is 12.7. The topological polar surface area (TPSA) is 53.7 Å². The van der Waals surface area contributed by atoms with Crippen LogP contribution in [-0.2, 0) is 14.2 Å². The molecular formula is C16H29NO3. The molecule has 2 heterocycles. The molecule has 0 aromatic heterocycles. The lowest BCUT2D eigenvalue weighted by Gasteiger charge is -2.44. The lowest BCUT2D eigenvalue weighted by molar-refractivity contribution is -0.181. The minimum absolute atomic E-state index is 0.0688. The maximum Gasteiger partial charge on any atom is 0.0961 e. The van der Waals surface area contributed by atoms with Gasteiger partial charge < -0.3 is 19.9 Å². The largest absolute Gasteiger partial charge is 0.378 e. The second-order valence-electron chi connectivity index (χ2n) is 7.14. The Morgan fingerprint density at radius 1 is 1.15 bits per heavy atom. The van der Waals surface area contributed by atoms with Crippen molar-refractivity contribution < 1.29 is 14.2 Å². The number of ether oxygens (including phenoxy) is 3. The van der Waals surface area contributed by atoms with Crippen LogP contribution in [0, 0.1) is 5.92 Å². The first-order valence-electron chi connectivity index (χ1n) is 8.25. The van der Waals surface area contributed by atoms with Crippen LogP contribution in [0.5, 0.6) is 0 Å². The van der Waals surface area contributed by atoms with Crippen molar-refractivity contribution in [1.29, 1.82) is 0 Å². The van der Waals surface area contributed by atoms with Gasteiger partial charge in [-0.05, 0) is 38.0 Å². The van der Waals surface area contributed by atoms with E-state index in [2.05, 4.69) is 6.92 Å². The van der Waals surface area contributed by atoms with Gasteiger partial charge in [-0.1, -0.05) is 6.92 Å². The molecule has 116 valence electrons. The minimum atomic E-state index is -0.0742. The Bertz CT molecular complexity index is 320. The van der Waals surface area contributed by atoms with Crippen molar-refractivity contribution in [1.82, 2.24) is 0 Å². The normalized spacial score (nSPS) is 45.9. The van der Waals surface area contributed by atoms with Gasteiger partial charge >= 0.3 is 0 Å². The van der Waals surface area contributed by atoms with Gasteiger partial charge in [-0.25, -0.2) is 0 Å². The summed E-state index contributed by atoms with van der Waals surface area (Å²) in [5.41, 5.74) is 5.92. The van der Waals surface area contributed by atoms with E-state index >= 15 is 0 Å². The van der Waals surface area contributed by atoms with E-state index in [4.69, 9.17) is 19.9 Å². The van der Waals surface area contributed by atoms with Gasteiger partial charge in [0.2, 0.25) is 0 Å². The molecule has 3 rings (SSSR count). The summed E-state index contributed by atoms with van der Waals surface area (Å²) in [6.45, 7) is 5.34. The van der Waals surface area contributed by atoms with Crippen molar-refractivity contribution >= 4 is 0 Å².